The molecule has 7 heteroatoms. The molecular weight excluding hydrogens is 363 g/mol. The molecule has 0 bridgehead atoms. The lowest BCUT2D eigenvalue weighted by Gasteiger charge is -2.11. The van der Waals surface area contributed by atoms with Crippen molar-refractivity contribution in [3.8, 4) is 0 Å². The highest BCUT2D eigenvalue weighted by molar-refractivity contribution is 9.10. The third-order valence-corrected chi connectivity index (χ3v) is 3.87. The first-order chi connectivity index (χ1) is 11.0. The van der Waals surface area contributed by atoms with Gasteiger partial charge in [-0.05, 0) is 24.3 Å². The average Bonchev–Trinajstić information content (AvgIpc) is 2.88. The summed E-state index contributed by atoms with van der Waals surface area (Å²) in [5.41, 5.74) is 7.25. The number of primary amides is 1. The Morgan fingerprint density at radius 2 is 2.22 bits per heavy atom. The first-order valence-electron chi connectivity index (χ1n) is 7.00. The van der Waals surface area contributed by atoms with Gasteiger partial charge in [-0.1, -0.05) is 22.0 Å². The van der Waals surface area contributed by atoms with E-state index in [9.17, 15) is 9.18 Å². The number of carbonyl (C=O) groups is 1. The van der Waals surface area contributed by atoms with E-state index < -0.39 is 11.7 Å². The average molecular weight is 377 g/mol. The van der Waals surface area contributed by atoms with E-state index in [0.29, 0.717) is 23.1 Å². The number of halogens is 2. The zero-order valence-corrected chi connectivity index (χ0v) is 13.7. The van der Waals surface area contributed by atoms with Crippen LogP contribution in [0, 0.1) is 5.82 Å². The molecule has 2 aromatic heterocycles. The van der Waals surface area contributed by atoms with Crippen molar-refractivity contribution in [1.82, 2.24) is 9.38 Å². The van der Waals surface area contributed by atoms with Crippen molar-refractivity contribution in [2.75, 3.05) is 11.9 Å². The van der Waals surface area contributed by atoms with Crippen molar-refractivity contribution in [3.05, 3.63) is 64.3 Å². The van der Waals surface area contributed by atoms with Gasteiger partial charge in [-0.2, -0.15) is 0 Å². The van der Waals surface area contributed by atoms with E-state index in [1.165, 1.54) is 6.07 Å². The minimum Gasteiger partial charge on any atom is -0.384 e. The molecule has 2 heterocycles. The van der Waals surface area contributed by atoms with Gasteiger partial charge in [0.05, 0.1) is 16.9 Å². The van der Waals surface area contributed by atoms with E-state index in [1.807, 2.05) is 35.0 Å². The van der Waals surface area contributed by atoms with Gasteiger partial charge in [0.15, 0.2) is 0 Å². The Bertz CT molecular complexity index is 845. The number of nitrogens with one attached hydrogen (secondary N) is 1. The topological polar surface area (TPSA) is 72.4 Å². The maximum Gasteiger partial charge on any atom is 0.253 e. The molecule has 118 valence electrons. The van der Waals surface area contributed by atoms with Crippen LogP contribution >= 0.6 is 15.9 Å². The summed E-state index contributed by atoms with van der Waals surface area (Å²) < 4.78 is 16.3. The van der Waals surface area contributed by atoms with Gasteiger partial charge in [0.25, 0.3) is 5.91 Å². The van der Waals surface area contributed by atoms with E-state index in [1.54, 1.807) is 6.07 Å². The zero-order chi connectivity index (χ0) is 16.4. The molecule has 1 aromatic carbocycles. The van der Waals surface area contributed by atoms with Crippen molar-refractivity contribution >= 4 is 33.2 Å². The van der Waals surface area contributed by atoms with Crippen LogP contribution in [0.25, 0.3) is 5.65 Å². The van der Waals surface area contributed by atoms with Crippen molar-refractivity contribution in [1.29, 1.82) is 0 Å². The van der Waals surface area contributed by atoms with Gasteiger partial charge in [-0.25, -0.2) is 9.37 Å². The molecule has 3 N–H and O–H groups in total. The van der Waals surface area contributed by atoms with Gasteiger partial charge >= 0.3 is 0 Å². The van der Waals surface area contributed by atoms with Crippen molar-refractivity contribution in [2.24, 2.45) is 5.73 Å². The molecule has 5 nitrogen and oxygen atoms in total. The van der Waals surface area contributed by atoms with Crippen LogP contribution < -0.4 is 11.1 Å². The zero-order valence-electron chi connectivity index (χ0n) is 12.1. The molecule has 0 aliphatic heterocycles. The molecule has 23 heavy (non-hydrogen) atoms. The van der Waals surface area contributed by atoms with E-state index in [2.05, 4.69) is 26.2 Å². The maximum atomic E-state index is 13.9. The van der Waals surface area contributed by atoms with Gasteiger partial charge in [-0.15, -0.1) is 0 Å². The fourth-order valence-corrected chi connectivity index (χ4v) is 2.83. The fourth-order valence-electron chi connectivity index (χ4n) is 2.40. The molecule has 0 spiro atoms. The number of amides is 1. The number of fused-ring (bicyclic) bond motifs is 1. The number of nitrogens with two attached hydrogens (primary N) is 1. The summed E-state index contributed by atoms with van der Waals surface area (Å²) in [5, 5.41) is 3.05. The Labute approximate surface area is 140 Å². The number of hydrogen-bond acceptors (Lipinski definition) is 3. The number of benzene rings is 1. The monoisotopic (exact) mass is 376 g/mol. The molecular formula is C16H14BrFN4O. The number of hydrogen-bond donors (Lipinski definition) is 2. The second-order valence-electron chi connectivity index (χ2n) is 5.05. The third-order valence-electron chi connectivity index (χ3n) is 3.41. The van der Waals surface area contributed by atoms with Crippen LogP contribution in [0.3, 0.4) is 0 Å². The van der Waals surface area contributed by atoms with Gasteiger partial charge < -0.3 is 15.5 Å². The predicted molar refractivity (Wildman–Crippen MR) is 90.0 cm³/mol. The summed E-state index contributed by atoms with van der Waals surface area (Å²) >= 11 is 3.21. The van der Waals surface area contributed by atoms with E-state index in [0.717, 1.165) is 11.3 Å². The summed E-state index contributed by atoms with van der Waals surface area (Å²) in [6.07, 6.45) is 4.50. The molecule has 0 aliphatic carbocycles. The number of nitrogens with zero attached hydrogens (tertiary/aromatic N) is 2. The van der Waals surface area contributed by atoms with Crippen LogP contribution in [0.5, 0.6) is 0 Å². The standard InChI is InChI=1S/C16H14BrFN4O/c17-10-7-12(18)15(16(19)23)13(8-10)20-5-4-11-9-22-6-2-1-3-14(22)21-11/h1-3,6-9,20H,4-5H2,(H2,19,23). The van der Waals surface area contributed by atoms with Crippen LogP contribution in [0.15, 0.2) is 47.2 Å². The van der Waals surface area contributed by atoms with Crippen LogP contribution in [0.2, 0.25) is 0 Å². The number of anilines is 1. The Balaban J connectivity index is 1.74. The van der Waals surface area contributed by atoms with E-state index in [-0.39, 0.29) is 5.56 Å². The highest BCUT2D eigenvalue weighted by atomic mass is 79.9. The molecule has 0 atom stereocenters. The Hall–Kier alpha value is -2.41. The number of imidazole rings is 1. The SMILES string of the molecule is NC(=O)c1c(F)cc(Br)cc1NCCc1cn2ccccc2n1. The number of rotatable bonds is 5. The third kappa shape index (κ3) is 3.34. The summed E-state index contributed by atoms with van der Waals surface area (Å²) in [6, 6.07) is 8.62. The minimum atomic E-state index is -0.801. The predicted octanol–water partition coefficient (Wildman–Crippen LogP) is 2.99. The molecule has 0 aliphatic rings. The van der Waals surface area contributed by atoms with Crippen LogP contribution in [0.4, 0.5) is 10.1 Å². The smallest absolute Gasteiger partial charge is 0.253 e. The Morgan fingerprint density at radius 3 is 2.96 bits per heavy atom. The lowest BCUT2D eigenvalue weighted by molar-refractivity contribution is 0.0997. The molecule has 0 saturated heterocycles. The molecule has 0 saturated carbocycles. The number of carbonyl (C=O) groups excluding carboxylic acids is 1. The van der Waals surface area contributed by atoms with Gasteiger partial charge in [0, 0.05) is 29.8 Å². The van der Waals surface area contributed by atoms with Crippen LogP contribution in [0.1, 0.15) is 16.1 Å². The summed E-state index contributed by atoms with van der Waals surface area (Å²) in [5.74, 6) is -1.45. The summed E-state index contributed by atoms with van der Waals surface area (Å²) in [7, 11) is 0. The fraction of sp³-hybridized carbons (Fsp3) is 0.125. The summed E-state index contributed by atoms with van der Waals surface area (Å²) in [6.45, 7) is 0.500. The van der Waals surface area contributed by atoms with Gasteiger partial charge in [-0.3, -0.25) is 4.79 Å². The maximum absolute atomic E-state index is 13.9. The van der Waals surface area contributed by atoms with Crippen molar-refractivity contribution < 1.29 is 9.18 Å². The minimum absolute atomic E-state index is 0.136. The van der Waals surface area contributed by atoms with Gasteiger partial charge in [0.1, 0.15) is 11.5 Å². The largest absolute Gasteiger partial charge is 0.384 e. The Morgan fingerprint density at radius 1 is 1.39 bits per heavy atom. The number of pyridine rings is 1. The first kappa shape index (κ1) is 15.5. The summed E-state index contributed by atoms with van der Waals surface area (Å²) in [4.78, 5) is 15.9. The molecule has 3 rings (SSSR count). The first-order valence-corrected chi connectivity index (χ1v) is 7.79. The lowest BCUT2D eigenvalue weighted by atomic mass is 10.1. The van der Waals surface area contributed by atoms with Crippen LogP contribution in [-0.2, 0) is 6.42 Å². The van der Waals surface area contributed by atoms with Crippen molar-refractivity contribution in [3.63, 3.8) is 0 Å². The molecule has 0 radical (unpaired) electrons. The highest BCUT2D eigenvalue weighted by Gasteiger charge is 2.15. The van der Waals surface area contributed by atoms with E-state index in [4.69, 9.17) is 5.73 Å². The molecule has 0 unspecified atom stereocenters. The second-order valence-corrected chi connectivity index (χ2v) is 5.97. The van der Waals surface area contributed by atoms with Crippen LogP contribution in [-0.4, -0.2) is 21.8 Å². The van der Waals surface area contributed by atoms with Crippen molar-refractivity contribution in [2.45, 2.75) is 6.42 Å². The van der Waals surface area contributed by atoms with E-state index >= 15 is 0 Å². The highest BCUT2D eigenvalue weighted by Crippen LogP contribution is 2.24. The lowest BCUT2D eigenvalue weighted by Crippen LogP contribution is -2.17. The molecule has 1 amide bonds. The normalized spacial score (nSPS) is 10.9. The second kappa shape index (κ2) is 6.37. The Kier molecular flexibility index (Phi) is 4.29. The van der Waals surface area contributed by atoms with Gasteiger partial charge in [0.2, 0.25) is 0 Å². The molecule has 3 aromatic rings. The number of aromatic nitrogens is 2. The quantitative estimate of drug-likeness (QED) is 0.718. The molecule has 0 fully saturated rings.